The number of halogens is 1. The second kappa shape index (κ2) is 5.78. The summed E-state index contributed by atoms with van der Waals surface area (Å²) >= 11 is 0. The van der Waals surface area contributed by atoms with Gasteiger partial charge in [-0.25, -0.2) is 4.39 Å². The number of aliphatic hydroxyl groups is 1. The van der Waals surface area contributed by atoms with Crippen LogP contribution >= 0.6 is 0 Å². The number of aliphatic hydroxyl groups excluding tert-OH is 1. The van der Waals surface area contributed by atoms with Crippen LogP contribution in [0.3, 0.4) is 0 Å². The lowest BCUT2D eigenvalue weighted by molar-refractivity contribution is 0.174. The summed E-state index contributed by atoms with van der Waals surface area (Å²) in [7, 11) is 0. The first-order valence-corrected chi connectivity index (χ1v) is 6.12. The molecular weight excluding hydrogens is 227 g/mol. The van der Waals surface area contributed by atoms with Gasteiger partial charge in [0.25, 0.3) is 0 Å². The third-order valence-corrected chi connectivity index (χ3v) is 3.01. The van der Waals surface area contributed by atoms with Gasteiger partial charge >= 0.3 is 0 Å². The van der Waals surface area contributed by atoms with Crippen molar-refractivity contribution in [3.8, 4) is 0 Å². The van der Waals surface area contributed by atoms with Crippen molar-refractivity contribution in [3.05, 3.63) is 71.0 Å². The molecule has 0 aliphatic rings. The third kappa shape index (κ3) is 3.41. The Morgan fingerprint density at radius 3 is 2.33 bits per heavy atom. The molecule has 1 atom stereocenters. The van der Waals surface area contributed by atoms with Crippen LogP contribution in [0.4, 0.5) is 4.39 Å². The second-order valence-electron chi connectivity index (χ2n) is 4.64. The van der Waals surface area contributed by atoms with Crippen molar-refractivity contribution in [1.82, 2.24) is 0 Å². The zero-order chi connectivity index (χ0) is 13.0. The highest BCUT2D eigenvalue weighted by Crippen LogP contribution is 2.12. The Bertz CT molecular complexity index is 505. The molecule has 0 aromatic heterocycles. The number of benzene rings is 2. The van der Waals surface area contributed by atoms with Crippen molar-refractivity contribution in [2.45, 2.75) is 25.9 Å². The molecule has 1 unspecified atom stereocenters. The summed E-state index contributed by atoms with van der Waals surface area (Å²) in [5, 5.41) is 9.98. The number of hydrogen-bond acceptors (Lipinski definition) is 1. The summed E-state index contributed by atoms with van der Waals surface area (Å²) in [6, 6.07) is 14.6. The summed E-state index contributed by atoms with van der Waals surface area (Å²) in [5.74, 6) is -0.250. The summed E-state index contributed by atoms with van der Waals surface area (Å²) < 4.78 is 13.4. The normalized spacial score (nSPS) is 12.4. The van der Waals surface area contributed by atoms with Gasteiger partial charge < -0.3 is 5.11 Å². The molecule has 0 fully saturated rings. The first kappa shape index (κ1) is 12.8. The Morgan fingerprint density at radius 1 is 1.00 bits per heavy atom. The quantitative estimate of drug-likeness (QED) is 0.875. The molecule has 0 spiro atoms. The van der Waals surface area contributed by atoms with Crippen LogP contribution in [0, 0.1) is 12.7 Å². The van der Waals surface area contributed by atoms with E-state index in [1.165, 1.54) is 11.6 Å². The van der Waals surface area contributed by atoms with Crippen LogP contribution in [-0.4, -0.2) is 11.2 Å². The van der Waals surface area contributed by atoms with Gasteiger partial charge in [-0.3, -0.25) is 0 Å². The van der Waals surface area contributed by atoms with Crippen LogP contribution in [0.5, 0.6) is 0 Å². The molecule has 94 valence electrons. The van der Waals surface area contributed by atoms with Crippen LogP contribution in [0.25, 0.3) is 0 Å². The molecule has 0 radical (unpaired) electrons. The molecular formula is C16H17FO. The molecule has 0 saturated carbocycles. The highest BCUT2D eigenvalue weighted by Gasteiger charge is 2.09. The fraction of sp³-hybridized carbons (Fsp3) is 0.250. The van der Waals surface area contributed by atoms with Gasteiger partial charge in [0.15, 0.2) is 0 Å². The molecule has 1 nitrogen and oxygen atoms in total. The summed E-state index contributed by atoms with van der Waals surface area (Å²) in [6.07, 6.45) is 0.347. The maximum Gasteiger partial charge on any atom is 0.126 e. The zero-order valence-corrected chi connectivity index (χ0v) is 10.4. The van der Waals surface area contributed by atoms with Crippen LogP contribution < -0.4 is 0 Å². The van der Waals surface area contributed by atoms with Crippen molar-refractivity contribution >= 4 is 0 Å². The van der Waals surface area contributed by atoms with Gasteiger partial charge in [-0.15, -0.1) is 0 Å². The number of aryl methyl sites for hydroxylation is 1. The van der Waals surface area contributed by atoms with Crippen LogP contribution in [0.2, 0.25) is 0 Å². The summed E-state index contributed by atoms with van der Waals surface area (Å²) in [5.41, 5.74) is 2.84. The molecule has 0 aliphatic carbocycles. The standard InChI is InChI=1S/C16H17FO/c1-12-6-8-13(9-7-12)10-15(18)11-14-4-2-3-5-16(14)17/h2-9,15,18H,10-11H2,1H3. The van der Waals surface area contributed by atoms with Crippen molar-refractivity contribution < 1.29 is 9.50 Å². The SMILES string of the molecule is Cc1ccc(CC(O)Cc2ccccc2F)cc1. The lowest BCUT2D eigenvalue weighted by Gasteiger charge is -2.11. The highest BCUT2D eigenvalue weighted by molar-refractivity contribution is 5.23. The minimum absolute atomic E-state index is 0.250. The van der Waals surface area contributed by atoms with Gasteiger partial charge in [0, 0.05) is 6.42 Å². The topological polar surface area (TPSA) is 20.2 Å². The Morgan fingerprint density at radius 2 is 1.67 bits per heavy atom. The van der Waals surface area contributed by atoms with Gasteiger partial charge in [0.1, 0.15) is 5.82 Å². The molecule has 0 amide bonds. The van der Waals surface area contributed by atoms with Gasteiger partial charge in [-0.05, 0) is 30.5 Å². The van der Waals surface area contributed by atoms with Crippen molar-refractivity contribution in [3.63, 3.8) is 0 Å². The average molecular weight is 244 g/mol. The van der Waals surface area contributed by atoms with Gasteiger partial charge in [0.2, 0.25) is 0 Å². The summed E-state index contributed by atoms with van der Waals surface area (Å²) in [4.78, 5) is 0. The van der Waals surface area contributed by atoms with E-state index >= 15 is 0 Å². The third-order valence-electron chi connectivity index (χ3n) is 3.01. The van der Waals surface area contributed by atoms with Gasteiger partial charge in [-0.1, -0.05) is 48.0 Å². The first-order chi connectivity index (χ1) is 8.65. The van der Waals surface area contributed by atoms with Crippen LogP contribution in [0.1, 0.15) is 16.7 Å². The Balaban J connectivity index is 1.99. The molecule has 0 aliphatic heterocycles. The van der Waals surface area contributed by atoms with Crippen molar-refractivity contribution in [2.75, 3.05) is 0 Å². The number of hydrogen-bond donors (Lipinski definition) is 1. The molecule has 2 aromatic carbocycles. The molecule has 2 heteroatoms. The predicted molar refractivity (Wildman–Crippen MR) is 71.0 cm³/mol. The van der Waals surface area contributed by atoms with Crippen LogP contribution in [-0.2, 0) is 12.8 Å². The van der Waals surface area contributed by atoms with Crippen molar-refractivity contribution in [1.29, 1.82) is 0 Å². The van der Waals surface area contributed by atoms with E-state index in [1.54, 1.807) is 18.2 Å². The largest absolute Gasteiger partial charge is 0.392 e. The Labute approximate surface area is 107 Å². The molecule has 1 N–H and O–H groups in total. The van der Waals surface area contributed by atoms with E-state index in [4.69, 9.17) is 0 Å². The van der Waals surface area contributed by atoms with E-state index < -0.39 is 6.10 Å². The van der Waals surface area contributed by atoms with E-state index in [2.05, 4.69) is 0 Å². The molecule has 0 bridgehead atoms. The molecule has 18 heavy (non-hydrogen) atoms. The van der Waals surface area contributed by atoms with E-state index in [9.17, 15) is 9.50 Å². The lowest BCUT2D eigenvalue weighted by Crippen LogP contribution is -2.14. The summed E-state index contributed by atoms with van der Waals surface area (Å²) in [6.45, 7) is 2.03. The fourth-order valence-corrected chi connectivity index (χ4v) is 1.99. The lowest BCUT2D eigenvalue weighted by atomic mass is 10.0. The maximum atomic E-state index is 13.4. The zero-order valence-electron chi connectivity index (χ0n) is 10.4. The number of rotatable bonds is 4. The van der Waals surface area contributed by atoms with Crippen LogP contribution in [0.15, 0.2) is 48.5 Å². The van der Waals surface area contributed by atoms with Crippen molar-refractivity contribution in [2.24, 2.45) is 0 Å². The van der Waals surface area contributed by atoms with E-state index in [1.807, 2.05) is 31.2 Å². The monoisotopic (exact) mass is 244 g/mol. The Hall–Kier alpha value is -1.67. The highest BCUT2D eigenvalue weighted by atomic mass is 19.1. The minimum atomic E-state index is -0.551. The first-order valence-electron chi connectivity index (χ1n) is 6.12. The van der Waals surface area contributed by atoms with E-state index in [-0.39, 0.29) is 5.82 Å². The molecule has 0 heterocycles. The fourth-order valence-electron chi connectivity index (χ4n) is 1.99. The average Bonchev–Trinajstić information content (AvgIpc) is 2.35. The second-order valence-corrected chi connectivity index (χ2v) is 4.64. The van der Waals surface area contributed by atoms with Gasteiger partial charge in [0.05, 0.1) is 6.10 Å². The molecule has 0 saturated heterocycles. The van der Waals surface area contributed by atoms with E-state index in [0.717, 1.165) is 5.56 Å². The molecule has 2 aromatic rings. The maximum absolute atomic E-state index is 13.4. The molecule has 2 rings (SSSR count). The smallest absolute Gasteiger partial charge is 0.126 e. The van der Waals surface area contributed by atoms with E-state index in [0.29, 0.717) is 18.4 Å². The minimum Gasteiger partial charge on any atom is -0.392 e. The van der Waals surface area contributed by atoms with Gasteiger partial charge in [-0.2, -0.15) is 0 Å². The predicted octanol–water partition coefficient (Wildman–Crippen LogP) is 3.28. The Kier molecular flexibility index (Phi) is 4.11.